The Morgan fingerprint density at radius 1 is 1.44 bits per heavy atom. The molecular formula is C10H12O5S. The van der Waals surface area contributed by atoms with Gasteiger partial charge in [0.1, 0.15) is 10.6 Å². The molecule has 0 aromatic heterocycles. The van der Waals surface area contributed by atoms with E-state index in [2.05, 4.69) is 0 Å². The fourth-order valence-electron chi connectivity index (χ4n) is 1.23. The van der Waals surface area contributed by atoms with E-state index in [1.165, 1.54) is 18.2 Å². The number of benzene rings is 1. The van der Waals surface area contributed by atoms with Gasteiger partial charge in [0.15, 0.2) is 6.29 Å². The van der Waals surface area contributed by atoms with Crippen molar-refractivity contribution >= 4 is 16.4 Å². The minimum absolute atomic E-state index is 0.00560. The lowest BCUT2D eigenvalue weighted by Crippen LogP contribution is -2.07. The van der Waals surface area contributed by atoms with Gasteiger partial charge in [-0.2, -0.15) is 8.42 Å². The maximum Gasteiger partial charge on any atom is 0.298 e. The average Bonchev–Trinajstić information content (AvgIpc) is 2.24. The van der Waals surface area contributed by atoms with Crippen LogP contribution in [0, 0.1) is 0 Å². The molecule has 88 valence electrons. The van der Waals surface area contributed by atoms with E-state index in [9.17, 15) is 13.2 Å². The fourth-order valence-corrected chi connectivity index (χ4v) is 2.02. The summed E-state index contributed by atoms with van der Waals surface area (Å²) in [5.74, 6) is -0.00560. The maximum absolute atomic E-state index is 11.1. The molecule has 5 nitrogen and oxygen atoms in total. The molecule has 1 aromatic carbocycles. The summed E-state index contributed by atoms with van der Waals surface area (Å²) in [6.45, 7) is 2.17. The predicted molar refractivity (Wildman–Crippen MR) is 57.4 cm³/mol. The van der Waals surface area contributed by atoms with E-state index in [4.69, 9.17) is 9.29 Å². The van der Waals surface area contributed by atoms with Crippen molar-refractivity contribution in [2.75, 3.05) is 6.61 Å². The molecule has 0 aliphatic rings. The molecule has 0 atom stereocenters. The molecule has 0 fully saturated rings. The van der Waals surface area contributed by atoms with Crippen molar-refractivity contribution in [1.82, 2.24) is 0 Å². The summed E-state index contributed by atoms with van der Waals surface area (Å²) in [5, 5.41) is 0. The molecule has 16 heavy (non-hydrogen) atoms. The molecule has 0 radical (unpaired) electrons. The first-order valence-electron chi connectivity index (χ1n) is 4.69. The van der Waals surface area contributed by atoms with Crippen LogP contribution in [0.15, 0.2) is 23.1 Å². The second kappa shape index (κ2) is 5.09. The summed E-state index contributed by atoms with van der Waals surface area (Å²) >= 11 is 0. The molecule has 6 heteroatoms. The maximum atomic E-state index is 11.1. The largest absolute Gasteiger partial charge is 0.492 e. The van der Waals surface area contributed by atoms with Crippen LogP contribution in [0.1, 0.15) is 23.7 Å². The number of carbonyl (C=O) groups is 1. The molecule has 1 aromatic rings. The van der Waals surface area contributed by atoms with Gasteiger partial charge in [-0.25, -0.2) is 0 Å². The Morgan fingerprint density at radius 2 is 2.12 bits per heavy atom. The molecule has 0 bridgehead atoms. The molecule has 0 unspecified atom stereocenters. The normalized spacial score (nSPS) is 11.1. The van der Waals surface area contributed by atoms with Gasteiger partial charge in [-0.05, 0) is 12.5 Å². The zero-order valence-corrected chi connectivity index (χ0v) is 9.53. The summed E-state index contributed by atoms with van der Waals surface area (Å²) in [6, 6.07) is 4.18. The summed E-state index contributed by atoms with van der Waals surface area (Å²) in [6.07, 6.45) is 1.05. The Labute approximate surface area is 93.8 Å². The van der Waals surface area contributed by atoms with Gasteiger partial charge >= 0.3 is 0 Å². The third kappa shape index (κ3) is 2.80. The van der Waals surface area contributed by atoms with E-state index in [1.807, 2.05) is 6.92 Å². The smallest absolute Gasteiger partial charge is 0.298 e. The summed E-state index contributed by atoms with van der Waals surface area (Å²) in [4.78, 5) is 10.2. The number of rotatable bonds is 5. The van der Waals surface area contributed by atoms with Crippen molar-refractivity contribution in [3.05, 3.63) is 23.8 Å². The van der Waals surface area contributed by atoms with Crippen LogP contribution in [0.2, 0.25) is 0 Å². The lowest BCUT2D eigenvalue weighted by molar-refractivity contribution is 0.111. The zero-order valence-electron chi connectivity index (χ0n) is 8.71. The van der Waals surface area contributed by atoms with Crippen LogP contribution in [0.4, 0.5) is 0 Å². The van der Waals surface area contributed by atoms with Gasteiger partial charge in [-0.1, -0.05) is 19.1 Å². The highest BCUT2D eigenvalue weighted by molar-refractivity contribution is 7.86. The van der Waals surface area contributed by atoms with Gasteiger partial charge in [-0.3, -0.25) is 9.35 Å². The summed E-state index contributed by atoms with van der Waals surface area (Å²) < 4.78 is 36.4. The van der Waals surface area contributed by atoms with Gasteiger partial charge in [0.05, 0.1) is 6.61 Å². The van der Waals surface area contributed by atoms with E-state index in [0.717, 1.165) is 0 Å². The van der Waals surface area contributed by atoms with Crippen molar-refractivity contribution in [1.29, 1.82) is 0 Å². The van der Waals surface area contributed by atoms with E-state index in [1.54, 1.807) is 0 Å². The molecule has 0 saturated heterocycles. The topological polar surface area (TPSA) is 80.7 Å². The second-order valence-corrected chi connectivity index (χ2v) is 4.47. The van der Waals surface area contributed by atoms with Gasteiger partial charge in [0, 0.05) is 5.56 Å². The molecule has 1 rings (SSSR count). The summed E-state index contributed by atoms with van der Waals surface area (Å²) in [7, 11) is -4.46. The minimum Gasteiger partial charge on any atom is -0.492 e. The number of ether oxygens (including phenoxy) is 1. The quantitative estimate of drug-likeness (QED) is 0.627. The first-order chi connectivity index (χ1) is 7.50. The van der Waals surface area contributed by atoms with Gasteiger partial charge in [0.2, 0.25) is 0 Å². The SMILES string of the molecule is CCCOc1cccc(C=O)c1S(=O)(=O)O. The number of aldehydes is 1. The first-order valence-corrected chi connectivity index (χ1v) is 6.13. The third-order valence-electron chi connectivity index (χ3n) is 1.86. The van der Waals surface area contributed by atoms with Gasteiger partial charge in [-0.15, -0.1) is 0 Å². The van der Waals surface area contributed by atoms with Crippen LogP contribution in [0.3, 0.4) is 0 Å². The highest BCUT2D eigenvalue weighted by atomic mass is 32.2. The first kappa shape index (κ1) is 12.7. The van der Waals surface area contributed by atoms with Crippen LogP contribution < -0.4 is 4.74 Å². The monoisotopic (exact) mass is 244 g/mol. The molecule has 0 heterocycles. The van der Waals surface area contributed by atoms with Crippen LogP contribution in [-0.2, 0) is 10.1 Å². The summed E-state index contributed by atoms with van der Waals surface area (Å²) in [5.41, 5.74) is -0.115. The predicted octanol–water partition coefficient (Wildman–Crippen LogP) is 1.53. The van der Waals surface area contributed by atoms with Crippen molar-refractivity contribution in [3.8, 4) is 5.75 Å². The molecular weight excluding hydrogens is 232 g/mol. The Bertz CT molecular complexity index is 478. The van der Waals surface area contributed by atoms with E-state index in [0.29, 0.717) is 19.3 Å². The number of hydrogen-bond acceptors (Lipinski definition) is 4. The van der Waals surface area contributed by atoms with Crippen LogP contribution in [-0.4, -0.2) is 25.9 Å². The molecule has 0 amide bonds. The van der Waals surface area contributed by atoms with Crippen molar-refractivity contribution in [3.63, 3.8) is 0 Å². The lowest BCUT2D eigenvalue weighted by atomic mass is 10.2. The third-order valence-corrected chi connectivity index (χ3v) is 2.81. The van der Waals surface area contributed by atoms with Crippen molar-refractivity contribution in [2.45, 2.75) is 18.2 Å². The highest BCUT2D eigenvalue weighted by Gasteiger charge is 2.21. The van der Waals surface area contributed by atoms with Crippen LogP contribution >= 0.6 is 0 Å². The number of carbonyl (C=O) groups excluding carboxylic acids is 1. The lowest BCUT2D eigenvalue weighted by Gasteiger charge is -2.10. The Hall–Kier alpha value is -1.40. The van der Waals surface area contributed by atoms with E-state index < -0.39 is 15.0 Å². The highest BCUT2D eigenvalue weighted by Crippen LogP contribution is 2.26. The number of hydrogen-bond donors (Lipinski definition) is 1. The molecule has 1 N–H and O–H groups in total. The Kier molecular flexibility index (Phi) is 4.03. The molecule has 0 aliphatic heterocycles. The van der Waals surface area contributed by atoms with Crippen LogP contribution in [0.25, 0.3) is 0 Å². The van der Waals surface area contributed by atoms with Crippen molar-refractivity contribution < 1.29 is 22.5 Å². The zero-order chi connectivity index (χ0) is 12.2. The Balaban J connectivity index is 3.32. The van der Waals surface area contributed by atoms with Crippen molar-refractivity contribution in [2.24, 2.45) is 0 Å². The van der Waals surface area contributed by atoms with Crippen LogP contribution in [0.5, 0.6) is 5.75 Å². The van der Waals surface area contributed by atoms with Gasteiger partial charge in [0.25, 0.3) is 10.1 Å². The fraction of sp³-hybridized carbons (Fsp3) is 0.300. The van der Waals surface area contributed by atoms with E-state index >= 15 is 0 Å². The molecule has 0 spiro atoms. The molecule has 0 aliphatic carbocycles. The van der Waals surface area contributed by atoms with Gasteiger partial charge < -0.3 is 4.74 Å². The minimum atomic E-state index is -4.46. The van der Waals surface area contributed by atoms with E-state index in [-0.39, 0.29) is 11.3 Å². The standard InChI is InChI=1S/C10H12O5S/c1-2-6-15-9-5-3-4-8(7-11)10(9)16(12,13)14/h3-5,7H,2,6H2,1H3,(H,12,13,14). The molecule has 0 saturated carbocycles. The Morgan fingerprint density at radius 3 is 2.62 bits per heavy atom. The average molecular weight is 244 g/mol. The second-order valence-electron chi connectivity index (χ2n) is 3.12.